The van der Waals surface area contributed by atoms with Crippen molar-refractivity contribution in [2.24, 2.45) is 12.2 Å². The fraction of sp³-hybridized carbons (Fsp3) is 0.150. The number of hydrogen-bond donors (Lipinski definition) is 1. The van der Waals surface area contributed by atoms with Crippen LogP contribution in [-0.4, -0.2) is 22.8 Å². The van der Waals surface area contributed by atoms with Gasteiger partial charge in [-0.2, -0.15) is 0 Å². The number of Topliss-reactive ketones (excluding diaryl/α,β-unsaturated/α-hetero) is 1. The first kappa shape index (κ1) is 21.5. The first-order chi connectivity index (χ1) is 14.2. The highest BCUT2D eigenvalue weighted by Gasteiger charge is 2.23. The molecule has 3 rings (SSSR count). The Hall–Kier alpha value is -3.23. The van der Waals surface area contributed by atoms with Crippen molar-refractivity contribution in [2.45, 2.75) is 6.92 Å². The molecule has 0 fully saturated rings. The van der Waals surface area contributed by atoms with Crippen LogP contribution in [0.25, 0.3) is 10.9 Å². The molecule has 154 valence electrons. The van der Waals surface area contributed by atoms with Gasteiger partial charge in [-0.25, -0.2) is 0 Å². The average Bonchev–Trinajstić information content (AvgIpc) is 2.70. The third-order valence-electron chi connectivity index (χ3n) is 4.28. The number of aryl methyl sites for hydroxylation is 1. The zero-order valence-electron chi connectivity index (χ0n) is 15.9. The van der Waals surface area contributed by atoms with E-state index in [9.17, 15) is 19.3 Å². The molecular formula is C20H15Cl2N3O5. The molecule has 0 unspecified atom stereocenters. The molecule has 0 spiro atoms. The maximum Gasteiger partial charge on any atom is 0.266 e. The molecule has 0 aliphatic carbocycles. The lowest BCUT2D eigenvalue weighted by Crippen LogP contribution is -2.34. The van der Waals surface area contributed by atoms with Gasteiger partial charge in [0.25, 0.3) is 11.5 Å². The summed E-state index contributed by atoms with van der Waals surface area (Å²) in [6.45, 7) is 1.01. The van der Waals surface area contributed by atoms with Crippen LogP contribution in [0.2, 0.25) is 10.0 Å². The Kier molecular flexibility index (Phi) is 6.19. The van der Waals surface area contributed by atoms with Crippen LogP contribution in [-0.2, 0) is 11.8 Å². The van der Waals surface area contributed by atoms with E-state index in [1.165, 1.54) is 36.7 Å². The van der Waals surface area contributed by atoms with Gasteiger partial charge in [0.15, 0.2) is 0 Å². The maximum absolute atomic E-state index is 12.8. The van der Waals surface area contributed by atoms with E-state index in [4.69, 9.17) is 27.9 Å². The van der Waals surface area contributed by atoms with E-state index < -0.39 is 17.0 Å². The quantitative estimate of drug-likeness (QED) is 0.564. The number of pyridine rings is 1. The molecule has 10 heteroatoms. The minimum atomic E-state index is -0.851. The Morgan fingerprint density at radius 2 is 1.90 bits per heavy atom. The number of halogens is 2. The molecule has 8 nitrogen and oxygen atoms in total. The van der Waals surface area contributed by atoms with E-state index in [-0.39, 0.29) is 23.4 Å². The minimum Gasteiger partial charge on any atom is -0.456 e. The largest absolute Gasteiger partial charge is 0.456 e. The summed E-state index contributed by atoms with van der Waals surface area (Å²) in [4.78, 5) is 47.8. The average molecular weight is 448 g/mol. The molecule has 0 saturated carbocycles. The number of carbonyl (C=O) groups excluding carboxylic acids is 2. The number of amides is 1. The molecule has 3 aromatic rings. The summed E-state index contributed by atoms with van der Waals surface area (Å²) in [5, 5.41) is 6.23. The van der Waals surface area contributed by atoms with E-state index in [1.54, 1.807) is 18.2 Å². The topological polar surface area (TPSA) is 107 Å². The van der Waals surface area contributed by atoms with Crippen molar-refractivity contribution in [2.75, 3.05) is 6.54 Å². The Bertz CT molecular complexity index is 1250. The van der Waals surface area contributed by atoms with Crippen molar-refractivity contribution in [3.63, 3.8) is 0 Å². The van der Waals surface area contributed by atoms with Crippen LogP contribution in [0.5, 0.6) is 11.5 Å². The van der Waals surface area contributed by atoms with E-state index >= 15 is 0 Å². The number of nitroso groups, excluding NO2 is 1. The van der Waals surface area contributed by atoms with Gasteiger partial charge in [-0.1, -0.05) is 23.2 Å². The first-order valence-corrected chi connectivity index (χ1v) is 9.39. The molecule has 1 amide bonds. The zero-order valence-corrected chi connectivity index (χ0v) is 17.4. The van der Waals surface area contributed by atoms with Crippen molar-refractivity contribution in [1.82, 2.24) is 9.88 Å². The number of nitrogens with one attached hydrogen (secondary N) is 1. The molecule has 0 radical (unpaired) electrons. The predicted molar refractivity (Wildman–Crippen MR) is 114 cm³/mol. The fourth-order valence-electron chi connectivity index (χ4n) is 2.84. The van der Waals surface area contributed by atoms with Crippen molar-refractivity contribution < 1.29 is 14.3 Å². The molecule has 1 aromatic heterocycles. The van der Waals surface area contributed by atoms with E-state index in [0.717, 1.165) is 0 Å². The van der Waals surface area contributed by atoms with E-state index in [0.29, 0.717) is 27.1 Å². The SMILES string of the molecule is CC(=O)CNC(=O)c1c(N=O)c2ccc(Oc3ccc(Cl)cc3Cl)cc2n(C)c1=O. The van der Waals surface area contributed by atoms with Crippen LogP contribution < -0.4 is 15.6 Å². The number of fused-ring (bicyclic) bond motifs is 1. The number of nitrogens with zero attached hydrogens (tertiary/aromatic N) is 2. The molecule has 1 N–H and O–H groups in total. The van der Waals surface area contributed by atoms with Crippen molar-refractivity contribution in [3.05, 3.63) is 67.3 Å². The van der Waals surface area contributed by atoms with Gasteiger partial charge in [0, 0.05) is 23.5 Å². The second-order valence-electron chi connectivity index (χ2n) is 6.42. The molecular weight excluding hydrogens is 433 g/mol. The van der Waals surface area contributed by atoms with Gasteiger partial charge >= 0.3 is 0 Å². The van der Waals surface area contributed by atoms with Crippen LogP contribution in [0.4, 0.5) is 5.69 Å². The second-order valence-corrected chi connectivity index (χ2v) is 7.26. The molecule has 2 aromatic carbocycles. The highest BCUT2D eigenvalue weighted by atomic mass is 35.5. The summed E-state index contributed by atoms with van der Waals surface area (Å²) in [6, 6.07) is 9.30. The van der Waals surface area contributed by atoms with Crippen LogP contribution >= 0.6 is 23.2 Å². The third-order valence-corrected chi connectivity index (χ3v) is 4.81. The van der Waals surface area contributed by atoms with Gasteiger partial charge in [0.05, 0.1) is 17.1 Å². The fourth-order valence-corrected chi connectivity index (χ4v) is 3.29. The van der Waals surface area contributed by atoms with Crippen molar-refractivity contribution >= 4 is 51.5 Å². The molecule has 0 aliphatic heterocycles. The number of ketones is 1. The standard InChI is InChI=1S/C20H15Cl2N3O5/c1-10(26)9-23-19(27)17-18(24-29)13-5-4-12(8-15(13)25(2)20(17)28)30-16-6-3-11(21)7-14(16)22/h3-8H,9H2,1-2H3,(H,23,27). The Morgan fingerprint density at radius 1 is 1.17 bits per heavy atom. The molecule has 0 saturated heterocycles. The number of ether oxygens (including phenoxy) is 1. The Balaban J connectivity index is 2.10. The number of hydrogen-bond acceptors (Lipinski definition) is 6. The van der Waals surface area contributed by atoms with Gasteiger partial charge in [0.1, 0.15) is 28.5 Å². The summed E-state index contributed by atoms with van der Waals surface area (Å²) < 4.78 is 6.95. The molecule has 0 atom stereocenters. The lowest BCUT2D eigenvalue weighted by Gasteiger charge is -2.13. The summed E-state index contributed by atoms with van der Waals surface area (Å²) in [6.07, 6.45) is 0. The number of aromatic nitrogens is 1. The van der Waals surface area contributed by atoms with Crippen molar-refractivity contribution in [1.29, 1.82) is 0 Å². The highest BCUT2D eigenvalue weighted by Crippen LogP contribution is 2.35. The van der Waals surface area contributed by atoms with Crippen LogP contribution in [0, 0.1) is 4.91 Å². The van der Waals surface area contributed by atoms with Crippen LogP contribution in [0.15, 0.2) is 46.4 Å². The molecule has 0 aliphatic rings. The summed E-state index contributed by atoms with van der Waals surface area (Å²) in [5.74, 6) is -0.466. The van der Waals surface area contributed by atoms with Gasteiger partial charge < -0.3 is 14.6 Å². The number of benzene rings is 2. The summed E-state index contributed by atoms with van der Waals surface area (Å²) in [5.41, 5.74) is -1.17. The highest BCUT2D eigenvalue weighted by molar-refractivity contribution is 6.35. The minimum absolute atomic E-state index is 0.271. The number of rotatable bonds is 6. The maximum atomic E-state index is 12.8. The second kappa shape index (κ2) is 8.64. The summed E-state index contributed by atoms with van der Waals surface area (Å²) >= 11 is 12.0. The number of carbonyl (C=O) groups is 2. The van der Waals surface area contributed by atoms with Crippen molar-refractivity contribution in [3.8, 4) is 11.5 Å². The van der Waals surface area contributed by atoms with Crippen LogP contribution in [0.1, 0.15) is 17.3 Å². The normalized spacial score (nSPS) is 10.7. The lowest BCUT2D eigenvalue weighted by molar-refractivity contribution is -0.116. The zero-order chi connectivity index (χ0) is 22.0. The smallest absolute Gasteiger partial charge is 0.266 e. The van der Waals surface area contributed by atoms with Gasteiger partial charge in [0.2, 0.25) is 0 Å². The van der Waals surface area contributed by atoms with E-state index in [1.807, 2.05) is 0 Å². The van der Waals surface area contributed by atoms with Gasteiger partial charge in [-0.15, -0.1) is 4.91 Å². The van der Waals surface area contributed by atoms with Gasteiger partial charge in [-0.3, -0.25) is 14.4 Å². The van der Waals surface area contributed by atoms with E-state index in [2.05, 4.69) is 10.5 Å². The lowest BCUT2D eigenvalue weighted by atomic mass is 10.1. The van der Waals surface area contributed by atoms with Crippen LogP contribution in [0.3, 0.4) is 0 Å². The first-order valence-electron chi connectivity index (χ1n) is 8.63. The Labute approximate surface area is 180 Å². The van der Waals surface area contributed by atoms with Gasteiger partial charge in [-0.05, 0) is 42.4 Å². The molecule has 30 heavy (non-hydrogen) atoms. The third kappa shape index (κ3) is 4.19. The molecule has 1 heterocycles. The monoisotopic (exact) mass is 447 g/mol. The predicted octanol–water partition coefficient (Wildman–Crippen LogP) is 4.35. The summed E-state index contributed by atoms with van der Waals surface area (Å²) in [7, 11) is 1.44. The Morgan fingerprint density at radius 3 is 2.53 bits per heavy atom. The molecule has 0 bridgehead atoms.